The van der Waals surface area contributed by atoms with Crippen molar-refractivity contribution in [3.05, 3.63) is 29.6 Å². The zero-order chi connectivity index (χ0) is 14.3. The van der Waals surface area contributed by atoms with Gasteiger partial charge in [0.15, 0.2) is 0 Å². The zero-order valence-electron chi connectivity index (χ0n) is 11.3. The molecule has 0 fully saturated rings. The highest BCUT2D eigenvalue weighted by molar-refractivity contribution is 5.77. The standard InChI is InChI=1S/C14H20N2O3/c1-3-11(12-9-10(2)7-8-15-12)16-13(17)5-4-6-14(18)19/h7-9,11H,3-6H2,1-2H3,(H,16,17)(H,18,19). The van der Waals surface area contributed by atoms with E-state index in [2.05, 4.69) is 10.3 Å². The topological polar surface area (TPSA) is 79.3 Å². The van der Waals surface area contributed by atoms with Gasteiger partial charge in [-0.15, -0.1) is 0 Å². The Balaban J connectivity index is 2.52. The van der Waals surface area contributed by atoms with Gasteiger partial charge in [0.25, 0.3) is 0 Å². The molecule has 1 rings (SSSR count). The van der Waals surface area contributed by atoms with Crippen LogP contribution in [0.25, 0.3) is 0 Å². The summed E-state index contributed by atoms with van der Waals surface area (Å²) in [4.78, 5) is 26.4. The molecule has 0 aromatic carbocycles. The van der Waals surface area contributed by atoms with Crippen molar-refractivity contribution in [2.24, 2.45) is 0 Å². The maximum Gasteiger partial charge on any atom is 0.303 e. The van der Waals surface area contributed by atoms with Gasteiger partial charge in [-0.1, -0.05) is 6.92 Å². The highest BCUT2D eigenvalue weighted by Gasteiger charge is 2.14. The number of carbonyl (C=O) groups is 2. The Kier molecular flexibility index (Phi) is 5.99. The molecule has 1 amide bonds. The van der Waals surface area contributed by atoms with Crippen molar-refractivity contribution < 1.29 is 14.7 Å². The summed E-state index contributed by atoms with van der Waals surface area (Å²) in [6, 6.07) is 3.74. The van der Waals surface area contributed by atoms with Crippen LogP contribution in [0.15, 0.2) is 18.3 Å². The van der Waals surface area contributed by atoms with Gasteiger partial charge in [0.2, 0.25) is 5.91 Å². The molecule has 0 radical (unpaired) electrons. The summed E-state index contributed by atoms with van der Waals surface area (Å²) in [6.45, 7) is 3.96. The first-order valence-corrected chi connectivity index (χ1v) is 6.46. The van der Waals surface area contributed by atoms with Crippen LogP contribution in [0, 0.1) is 6.92 Å². The Morgan fingerprint density at radius 3 is 2.74 bits per heavy atom. The number of aliphatic carboxylic acids is 1. The number of aromatic nitrogens is 1. The van der Waals surface area contributed by atoms with E-state index < -0.39 is 5.97 Å². The fraction of sp³-hybridized carbons (Fsp3) is 0.500. The van der Waals surface area contributed by atoms with Crippen LogP contribution >= 0.6 is 0 Å². The minimum atomic E-state index is -0.875. The van der Waals surface area contributed by atoms with Crippen LogP contribution in [0.3, 0.4) is 0 Å². The number of hydrogen-bond acceptors (Lipinski definition) is 3. The third-order valence-corrected chi connectivity index (χ3v) is 2.83. The van der Waals surface area contributed by atoms with Gasteiger partial charge in [0, 0.05) is 19.0 Å². The van der Waals surface area contributed by atoms with E-state index in [1.165, 1.54) is 0 Å². The maximum absolute atomic E-state index is 11.7. The molecule has 0 aliphatic carbocycles. The second kappa shape index (κ2) is 7.51. The summed E-state index contributed by atoms with van der Waals surface area (Å²) in [6.07, 6.45) is 3.09. The Morgan fingerprint density at radius 1 is 1.42 bits per heavy atom. The maximum atomic E-state index is 11.7. The second-order valence-electron chi connectivity index (χ2n) is 4.53. The molecule has 0 saturated heterocycles. The first-order chi connectivity index (χ1) is 9.02. The predicted octanol–water partition coefficient (Wildman–Crippen LogP) is 2.21. The third kappa shape index (κ3) is 5.50. The molecule has 0 saturated carbocycles. The number of nitrogens with zero attached hydrogens (tertiary/aromatic N) is 1. The number of carboxylic acid groups (broad SMARTS) is 1. The minimum Gasteiger partial charge on any atom is -0.481 e. The Bertz CT molecular complexity index is 446. The highest BCUT2D eigenvalue weighted by Crippen LogP contribution is 2.15. The summed E-state index contributed by atoms with van der Waals surface area (Å²) in [5.41, 5.74) is 1.94. The lowest BCUT2D eigenvalue weighted by Crippen LogP contribution is -2.28. The summed E-state index contributed by atoms with van der Waals surface area (Å²) in [5, 5.41) is 11.4. The van der Waals surface area contributed by atoms with Gasteiger partial charge in [-0.25, -0.2) is 0 Å². The van der Waals surface area contributed by atoms with Gasteiger partial charge >= 0.3 is 5.97 Å². The van der Waals surface area contributed by atoms with Crippen molar-refractivity contribution in [1.82, 2.24) is 10.3 Å². The molecule has 0 spiro atoms. The van der Waals surface area contributed by atoms with Crippen LogP contribution in [0.2, 0.25) is 0 Å². The summed E-state index contributed by atoms with van der Waals surface area (Å²) < 4.78 is 0. The Labute approximate surface area is 113 Å². The van der Waals surface area contributed by atoms with Crippen molar-refractivity contribution in [2.45, 2.75) is 45.6 Å². The van der Waals surface area contributed by atoms with Crippen LogP contribution in [0.5, 0.6) is 0 Å². The molecule has 5 nitrogen and oxygen atoms in total. The van der Waals surface area contributed by atoms with Gasteiger partial charge < -0.3 is 10.4 Å². The van der Waals surface area contributed by atoms with E-state index >= 15 is 0 Å². The van der Waals surface area contributed by atoms with Crippen molar-refractivity contribution >= 4 is 11.9 Å². The lowest BCUT2D eigenvalue weighted by molar-refractivity contribution is -0.137. The Morgan fingerprint density at radius 2 is 2.16 bits per heavy atom. The van der Waals surface area contributed by atoms with Gasteiger partial charge in [-0.2, -0.15) is 0 Å². The minimum absolute atomic E-state index is 0.0207. The molecular weight excluding hydrogens is 244 g/mol. The van der Waals surface area contributed by atoms with E-state index in [1.807, 2.05) is 26.0 Å². The van der Waals surface area contributed by atoms with E-state index in [1.54, 1.807) is 6.20 Å². The van der Waals surface area contributed by atoms with Crippen LogP contribution < -0.4 is 5.32 Å². The van der Waals surface area contributed by atoms with Crippen LogP contribution in [-0.2, 0) is 9.59 Å². The average molecular weight is 264 g/mol. The van der Waals surface area contributed by atoms with E-state index in [0.717, 1.165) is 17.7 Å². The number of amides is 1. The van der Waals surface area contributed by atoms with Gasteiger partial charge in [0.1, 0.15) is 0 Å². The summed E-state index contributed by atoms with van der Waals surface area (Å²) in [7, 11) is 0. The molecule has 104 valence electrons. The largest absolute Gasteiger partial charge is 0.481 e. The van der Waals surface area contributed by atoms with Crippen molar-refractivity contribution in [3.8, 4) is 0 Å². The lowest BCUT2D eigenvalue weighted by atomic mass is 10.1. The number of carboxylic acids is 1. The Hall–Kier alpha value is -1.91. The number of aryl methyl sites for hydroxylation is 1. The average Bonchev–Trinajstić information content (AvgIpc) is 2.35. The molecular formula is C14H20N2O3. The molecule has 2 N–H and O–H groups in total. The van der Waals surface area contributed by atoms with Crippen LogP contribution in [0.4, 0.5) is 0 Å². The van der Waals surface area contributed by atoms with E-state index in [-0.39, 0.29) is 24.8 Å². The number of rotatable bonds is 7. The predicted molar refractivity (Wildman–Crippen MR) is 71.6 cm³/mol. The van der Waals surface area contributed by atoms with E-state index in [0.29, 0.717) is 6.42 Å². The molecule has 19 heavy (non-hydrogen) atoms. The van der Waals surface area contributed by atoms with Crippen molar-refractivity contribution in [3.63, 3.8) is 0 Å². The molecule has 0 bridgehead atoms. The molecule has 0 aliphatic rings. The monoisotopic (exact) mass is 264 g/mol. The van der Waals surface area contributed by atoms with Gasteiger partial charge in [-0.3, -0.25) is 14.6 Å². The van der Waals surface area contributed by atoms with Crippen molar-refractivity contribution in [2.75, 3.05) is 0 Å². The second-order valence-corrected chi connectivity index (χ2v) is 4.53. The number of hydrogen-bond donors (Lipinski definition) is 2. The van der Waals surface area contributed by atoms with Crippen LogP contribution in [-0.4, -0.2) is 22.0 Å². The van der Waals surface area contributed by atoms with Crippen LogP contribution in [0.1, 0.15) is 49.9 Å². The molecule has 1 aromatic heterocycles. The highest BCUT2D eigenvalue weighted by atomic mass is 16.4. The first kappa shape index (κ1) is 15.1. The molecule has 1 unspecified atom stereocenters. The van der Waals surface area contributed by atoms with Gasteiger partial charge in [0.05, 0.1) is 11.7 Å². The molecule has 1 atom stereocenters. The molecule has 1 aromatic rings. The summed E-state index contributed by atoms with van der Waals surface area (Å²) >= 11 is 0. The SMILES string of the molecule is CCC(NC(=O)CCCC(=O)O)c1cc(C)ccn1. The summed E-state index contributed by atoms with van der Waals surface area (Å²) in [5.74, 6) is -1.00. The number of nitrogens with one attached hydrogen (secondary N) is 1. The molecule has 5 heteroatoms. The van der Waals surface area contributed by atoms with Crippen molar-refractivity contribution in [1.29, 1.82) is 0 Å². The third-order valence-electron chi connectivity index (χ3n) is 2.83. The quantitative estimate of drug-likeness (QED) is 0.791. The number of pyridine rings is 1. The van der Waals surface area contributed by atoms with E-state index in [9.17, 15) is 9.59 Å². The van der Waals surface area contributed by atoms with Gasteiger partial charge in [-0.05, 0) is 37.5 Å². The normalized spacial score (nSPS) is 11.9. The number of carbonyl (C=O) groups excluding carboxylic acids is 1. The molecule has 0 aliphatic heterocycles. The fourth-order valence-corrected chi connectivity index (χ4v) is 1.80. The first-order valence-electron chi connectivity index (χ1n) is 6.46. The van der Waals surface area contributed by atoms with E-state index in [4.69, 9.17) is 5.11 Å². The lowest BCUT2D eigenvalue weighted by Gasteiger charge is -2.16. The molecule has 1 heterocycles. The fourth-order valence-electron chi connectivity index (χ4n) is 1.80. The zero-order valence-corrected chi connectivity index (χ0v) is 11.3. The smallest absolute Gasteiger partial charge is 0.303 e.